The Balaban J connectivity index is 1.51. The third kappa shape index (κ3) is 2.74. The standard InChI is InChI=1S/C19H24FNO3/c20-16-6-4-15(5-7-16)19(8-2-9-19)18(22)21-10-1-3-14(13-21)17-23-11-12-24-17/h4-7,14,17H,1-3,8-13H2. The second kappa shape index (κ2) is 6.45. The molecule has 1 atom stereocenters. The van der Waals surface area contributed by atoms with Gasteiger partial charge in [-0.25, -0.2) is 4.39 Å². The molecular weight excluding hydrogens is 309 g/mol. The molecule has 0 spiro atoms. The fourth-order valence-corrected chi connectivity index (χ4v) is 4.29. The van der Waals surface area contributed by atoms with Crippen LogP contribution in [-0.4, -0.2) is 43.4 Å². The number of likely N-dealkylation sites (tertiary alicyclic amines) is 1. The number of hydrogen-bond acceptors (Lipinski definition) is 3. The monoisotopic (exact) mass is 333 g/mol. The molecule has 4 rings (SSSR count). The molecule has 24 heavy (non-hydrogen) atoms. The molecule has 1 aliphatic carbocycles. The van der Waals surface area contributed by atoms with Crippen LogP contribution in [0.5, 0.6) is 0 Å². The number of amides is 1. The Bertz CT molecular complexity index is 593. The zero-order valence-electron chi connectivity index (χ0n) is 13.9. The van der Waals surface area contributed by atoms with Crippen LogP contribution < -0.4 is 0 Å². The predicted octanol–water partition coefficient (Wildman–Crippen LogP) is 2.86. The summed E-state index contributed by atoms with van der Waals surface area (Å²) in [6, 6.07) is 6.47. The first-order valence-electron chi connectivity index (χ1n) is 8.98. The predicted molar refractivity (Wildman–Crippen MR) is 86.9 cm³/mol. The van der Waals surface area contributed by atoms with Gasteiger partial charge in [0, 0.05) is 19.0 Å². The Morgan fingerprint density at radius 2 is 1.83 bits per heavy atom. The van der Waals surface area contributed by atoms with Crippen LogP contribution in [0.2, 0.25) is 0 Å². The summed E-state index contributed by atoms with van der Waals surface area (Å²) in [4.78, 5) is 15.3. The van der Waals surface area contributed by atoms with Crippen molar-refractivity contribution in [2.75, 3.05) is 26.3 Å². The van der Waals surface area contributed by atoms with Crippen molar-refractivity contribution < 1.29 is 18.7 Å². The van der Waals surface area contributed by atoms with Crippen LogP contribution in [0.1, 0.15) is 37.7 Å². The largest absolute Gasteiger partial charge is 0.350 e. The third-order valence-corrected chi connectivity index (χ3v) is 5.79. The molecule has 1 amide bonds. The van der Waals surface area contributed by atoms with E-state index in [1.807, 2.05) is 4.90 Å². The van der Waals surface area contributed by atoms with Crippen LogP contribution >= 0.6 is 0 Å². The van der Waals surface area contributed by atoms with Gasteiger partial charge < -0.3 is 14.4 Å². The number of benzene rings is 1. The molecule has 0 aromatic heterocycles. The average molecular weight is 333 g/mol. The van der Waals surface area contributed by atoms with Gasteiger partial charge in [-0.05, 0) is 43.4 Å². The van der Waals surface area contributed by atoms with E-state index >= 15 is 0 Å². The van der Waals surface area contributed by atoms with Gasteiger partial charge in [-0.15, -0.1) is 0 Å². The highest BCUT2D eigenvalue weighted by atomic mass is 19.1. The third-order valence-electron chi connectivity index (χ3n) is 5.79. The van der Waals surface area contributed by atoms with E-state index in [0.717, 1.165) is 44.2 Å². The van der Waals surface area contributed by atoms with E-state index in [-0.39, 0.29) is 23.9 Å². The van der Waals surface area contributed by atoms with E-state index in [0.29, 0.717) is 19.8 Å². The second-order valence-electron chi connectivity index (χ2n) is 7.21. The van der Waals surface area contributed by atoms with Gasteiger partial charge in [0.05, 0.1) is 18.6 Å². The lowest BCUT2D eigenvalue weighted by Crippen LogP contribution is -2.54. The minimum Gasteiger partial charge on any atom is -0.350 e. The molecule has 0 radical (unpaired) electrons. The number of piperidine rings is 1. The second-order valence-corrected chi connectivity index (χ2v) is 7.21. The number of ether oxygens (including phenoxy) is 2. The van der Waals surface area contributed by atoms with E-state index in [4.69, 9.17) is 9.47 Å². The molecule has 4 nitrogen and oxygen atoms in total. The smallest absolute Gasteiger partial charge is 0.233 e. The summed E-state index contributed by atoms with van der Waals surface area (Å²) in [6.07, 6.45) is 4.62. The molecular formula is C19H24FNO3. The summed E-state index contributed by atoms with van der Waals surface area (Å²) >= 11 is 0. The zero-order chi connectivity index (χ0) is 16.6. The highest BCUT2D eigenvalue weighted by Crippen LogP contribution is 2.46. The topological polar surface area (TPSA) is 38.8 Å². The van der Waals surface area contributed by atoms with E-state index < -0.39 is 5.41 Å². The summed E-state index contributed by atoms with van der Waals surface area (Å²) in [6.45, 7) is 2.79. The van der Waals surface area contributed by atoms with Crippen molar-refractivity contribution in [3.63, 3.8) is 0 Å². The van der Waals surface area contributed by atoms with Crippen molar-refractivity contribution >= 4 is 5.91 Å². The fourth-order valence-electron chi connectivity index (χ4n) is 4.29. The van der Waals surface area contributed by atoms with Crippen LogP contribution in [0.15, 0.2) is 24.3 Å². The Kier molecular flexibility index (Phi) is 4.31. The summed E-state index contributed by atoms with van der Waals surface area (Å²) < 4.78 is 24.5. The first-order valence-corrected chi connectivity index (χ1v) is 8.98. The van der Waals surface area contributed by atoms with E-state index in [2.05, 4.69) is 0 Å². The van der Waals surface area contributed by atoms with Gasteiger partial charge in [-0.3, -0.25) is 4.79 Å². The number of rotatable bonds is 3. The van der Waals surface area contributed by atoms with Crippen molar-refractivity contribution in [2.24, 2.45) is 5.92 Å². The molecule has 1 saturated carbocycles. The van der Waals surface area contributed by atoms with Crippen molar-refractivity contribution in [1.29, 1.82) is 0 Å². The molecule has 1 aromatic rings. The molecule has 5 heteroatoms. The molecule has 3 fully saturated rings. The Hall–Kier alpha value is -1.46. The Morgan fingerprint density at radius 3 is 2.46 bits per heavy atom. The maximum absolute atomic E-state index is 13.3. The summed E-state index contributed by atoms with van der Waals surface area (Å²) in [5, 5.41) is 0. The lowest BCUT2D eigenvalue weighted by Gasteiger charge is -2.46. The first kappa shape index (κ1) is 16.0. The molecule has 3 aliphatic rings. The highest BCUT2D eigenvalue weighted by Gasteiger charge is 2.48. The Morgan fingerprint density at radius 1 is 1.12 bits per heavy atom. The van der Waals surface area contributed by atoms with Gasteiger partial charge in [0.2, 0.25) is 5.91 Å². The van der Waals surface area contributed by atoms with Gasteiger partial charge in [0.15, 0.2) is 6.29 Å². The van der Waals surface area contributed by atoms with Crippen LogP contribution in [0, 0.1) is 11.7 Å². The summed E-state index contributed by atoms with van der Waals surface area (Å²) in [5.41, 5.74) is 0.503. The van der Waals surface area contributed by atoms with Crippen LogP contribution in [0.25, 0.3) is 0 Å². The van der Waals surface area contributed by atoms with Crippen LogP contribution in [0.4, 0.5) is 4.39 Å². The number of halogens is 1. The number of nitrogens with zero attached hydrogens (tertiary/aromatic N) is 1. The summed E-state index contributed by atoms with van der Waals surface area (Å²) in [7, 11) is 0. The molecule has 2 aliphatic heterocycles. The fraction of sp³-hybridized carbons (Fsp3) is 0.632. The quantitative estimate of drug-likeness (QED) is 0.854. The number of carbonyl (C=O) groups is 1. The van der Waals surface area contributed by atoms with Crippen molar-refractivity contribution in [2.45, 2.75) is 43.8 Å². The maximum atomic E-state index is 13.3. The van der Waals surface area contributed by atoms with Gasteiger partial charge in [0.25, 0.3) is 0 Å². The van der Waals surface area contributed by atoms with E-state index in [1.165, 1.54) is 12.1 Å². The van der Waals surface area contributed by atoms with Gasteiger partial charge in [-0.1, -0.05) is 18.6 Å². The molecule has 0 N–H and O–H groups in total. The molecule has 1 aromatic carbocycles. The van der Waals surface area contributed by atoms with Gasteiger partial charge >= 0.3 is 0 Å². The van der Waals surface area contributed by atoms with Gasteiger partial charge in [0.1, 0.15) is 5.82 Å². The Labute approximate surface area is 141 Å². The SMILES string of the molecule is O=C(N1CCCC(C2OCCO2)C1)C1(c2ccc(F)cc2)CCC1. The lowest BCUT2D eigenvalue weighted by atomic mass is 9.63. The molecule has 2 saturated heterocycles. The lowest BCUT2D eigenvalue weighted by molar-refractivity contribution is -0.148. The van der Waals surface area contributed by atoms with Crippen LogP contribution in [-0.2, 0) is 19.7 Å². The minimum absolute atomic E-state index is 0.163. The van der Waals surface area contributed by atoms with Gasteiger partial charge in [-0.2, -0.15) is 0 Å². The molecule has 1 unspecified atom stereocenters. The van der Waals surface area contributed by atoms with Crippen LogP contribution in [0.3, 0.4) is 0 Å². The molecule has 130 valence electrons. The van der Waals surface area contributed by atoms with Crippen molar-refractivity contribution in [3.8, 4) is 0 Å². The first-order chi connectivity index (χ1) is 11.7. The average Bonchev–Trinajstić information content (AvgIpc) is 3.10. The highest BCUT2D eigenvalue weighted by molar-refractivity contribution is 5.89. The zero-order valence-corrected chi connectivity index (χ0v) is 13.9. The van der Waals surface area contributed by atoms with Crippen molar-refractivity contribution in [3.05, 3.63) is 35.6 Å². The minimum atomic E-state index is -0.451. The molecule has 2 heterocycles. The van der Waals surface area contributed by atoms with E-state index in [9.17, 15) is 9.18 Å². The molecule has 0 bridgehead atoms. The van der Waals surface area contributed by atoms with Crippen molar-refractivity contribution in [1.82, 2.24) is 4.90 Å². The maximum Gasteiger partial charge on any atom is 0.233 e. The summed E-state index contributed by atoms with van der Waals surface area (Å²) in [5.74, 6) is 0.202. The normalized spacial score (nSPS) is 27.0. The van der Waals surface area contributed by atoms with E-state index in [1.54, 1.807) is 12.1 Å². The number of hydrogen-bond donors (Lipinski definition) is 0. The number of carbonyl (C=O) groups excluding carboxylic acids is 1.